The fraction of sp³-hybridized carbons (Fsp3) is 0.118. The van der Waals surface area contributed by atoms with Gasteiger partial charge in [-0.2, -0.15) is 5.10 Å². The zero-order chi connectivity index (χ0) is 16.9. The van der Waals surface area contributed by atoms with Gasteiger partial charge in [-0.15, -0.1) is 0 Å². The Morgan fingerprint density at radius 1 is 1.21 bits per heavy atom. The summed E-state index contributed by atoms with van der Waals surface area (Å²) in [6, 6.07) is 9.45. The first-order valence-electron chi connectivity index (χ1n) is 7.30. The molecule has 0 radical (unpaired) electrons. The molecule has 5 nitrogen and oxygen atoms in total. The van der Waals surface area contributed by atoms with Gasteiger partial charge in [-0.25, -0.2) is 4.39 Å². The van der Waals surface area contributed by atoms with Crippen LogP contribution in [0.25, 0.3) is 0 Å². The van der Waals surface area contributed by atoms with E-state index < -0.39 is 11.7 Å². The van der Waals surface area contributed by atoms with Crippen LogP contribution >= 0.6 is 11.6 Å². The SMILES string of the molecule is O=C(Nc1ccn(CCc2ccncc2)n1)c1ccc(Cl)cc1F. The zero-order valence-electron chi connectivity index (χ0n) is 12.6. The third-order valence-electron chi connectivity index (χ3n) is 3.44. The van der Waals surface area contributed by atoms with Crippen molar-refractivity contribution in [1.82, 2.24) is 14.8 Å². The first kappa shape index (κ1) is 16.1. The lowest BCUT2D eigenvalue weighted by Crippen LogP contribution is -2.14. The highest BCUT2D eigenvalue weighted by Gasteiger charge is 2.13. The number of anilines is 1. The zero-order valence-corrected chi connectivity index (χ0v) is 13.4. The second-order valence-corrected chi connectivity index (χ2v) is 5.58. The molecule has 0 unspecified atom stereocenters. The second kappa shape index (κ2) is 7.23. The van der Waals surface area contributed by atoms with Crippen LogP contribution in [-0.4, -0.2) is 20.7 Å². The number of nitrogens with zero attached hydrogens (tertiary/aromatic N) is 3. The number of amides is 1. The van der Waals surface area contributed by atoms with Gasteiger partial charge in [-0.3, -0.25) is 14.5 Å². The van der Waals surface area contributed by atoms with Gasteiger partial charge in [0, 0.05) is 36.2 Å². The molecule has 0 bridgehead atoms. The third-order valence-corrected chi connectivity index (χ3v) is 3.67. The van der Waals surface area contributed by atoms with Gasteiger partial charge in [0.1, 0.15) is 5.82 Å². The van der Waals surface area contributed by atoms with Crippen molar-refractivity contribution in [1.29, 1.82) is 0 Å². The van der Waals surface area contributed by atoms with Crippen molar-refractivity contribution >= 4 is 23.3 Å². The van der Waals surface area contributed by atoms with Gasteiger partial charge in [-0.1, -0.05) is 11.6 Å². The topological polar surface area (TPSA) is 59.8 Å². The van der Waals surface area contributed by atoms with Crippen molar-refractivity contribution in [3.8, 4) is 0 Å². The average Bonchev–Trinajstić information content (AvgIpc) is 3.01. The van der Waals surface area contributed by atoms with Crippen LogP contribution in [0.4, 0.5) is 10.2 Å². The number of aromatic nitrogens is 3. The molecule has 2 aromatic heterocycles. The minimum Gasteiger partial charge on any atom is -0.305 e. The number of aryl methyl sites for hydroxylation is 2. The highest BCUT2D eigenvalue weighted by Crippen LogP contribution is 2.16. The molecule has 0 aliphatic heterocycles. The maximum absolute atomic E-state index is 13.7. The molecule has 1 amide bonds. The predicted molar refractivity (Wildman–Crippen MR) is 89.5 cm³/mol. The molecule has 2 heterocycles. The Morgan fingerprint density at radius 2 is 2.00 bits per heavy atom. The second-order valence-electron chi connectivity index (χ2n) is 5.15. The Hall–Kier alpha value is -2.73. The molecule has 3 aromatic rings. The lowest BCUT2D eigenvalue weighted by atomic mass is 10.2. The summed E-state index contributed by atoms with van der Waals surface area (Å²) in [4.78, 5) is 16.1. The van der Waals surface area contributed by atoms with E-state index in [9.17, 15) is 9.18 Å². The smallest absolute Gasteiger partial charge is 0.259 e. The number of halogens is 2. The molecule has 0 atom stereocenters. The Bertz CT molecular complexity index is 851. The van der Waals surface area contributed by atoms with Crippen molar-refractivity contribution in [3.63, 3.8) is 0 Å². The minimum absolute atomic E-state index is 0.0780. The van der Waals surface area contributed by atoms with Crippen molar-refractivity contribution in [3.05, 3.63) is 77.0 Å². The largest absolute Gasteiger partial charge is 0.305 e. The summed E-state index contributed by atoms with van der Waals surface area (Å²) in [5.41, 5.74) is 1.07. The van der Waals surface area contributed by atoms with E-state index in [0.29, 0.717) is 12.4 Å². The van der Waals surface area contributed by atoms with E-state index in [2.05, 4.69) is 15.4 Å². The highest BCUT2D eigenvalue weighted by atomic mass is 35.5. The number of nitrogens with one attached hydrogen (secondary N) is 1. The summed E-state index contributed by atoms with van der Waals surface area (Å²) in [5, 5.41) is 7.07. The van der Waals surface area contributed by atoms with E-state index in [1.807, 2.05) is 12.1 Å². The van der Waals surface area contributed by atoms with Crippen molar-refractivity contribution in [2.75, 3.05) is 5.32 Å². The maximum Gasteiger partial charge on any atom is 0.259 e. The van der Waals surface area contributed by atoms with Crippen LogP contribution in [0.1, 0.15) is 15.9 Å². The van der Waals surface area contributed by atoms with E-state index in [-0.39, 0.29) is 10.6 Å². The van der Waals surface area contributed by atoms with Crippen LogP contribution < -0.4 is 5.32 Å². The van der Waals surface area contributed by atoms with Gasteiger partial charge >= 0.3 is 0 Å². The average molecular weight is 345 g/mol. The molecule has 0 saturated carbocycles. The fourth-order valence-corrected chi connectivity index (χ4v) is 2.36. The van der Waals surface area contributed by atoms with Gasteiger partial charge in [0.05, 0.1) is 5.56 Å². The van der Waals surface area contributed by atoms with E-state index in [4.69, 9.17) is 11.6 Å². The third kappa shape index (κ3) is 3.97. The summed E-state index contributed by atoms with van der Waals surface area (Å²) in [6.45, 7) is 0.662. The molecule has 1 N–H and O–H groups in total. The maximum atomic E-state index is 13.7. The Labute approximate surface area is 143 Å². The van der Waals surface area contributed by atoms with Crippen molar-refractivity contribution in [2.24, 2.45) is 0 Å². The van der Waals surface area contributed by atoms with Crippen LogP contribution in [0.5, 0.6) is 0 Å². The van der Waals surface area contributed by atoms with Crippen LogP contribution in [0, 0.1) is 5.82 Å². The molecule has 0 fully saturated rings. The number of hydrogen-bond acceptors (Lipinski definition) is 3. The van der Waals surface area contributed by atoms with E-state index in [1.54, 1.807) is 29.3 Å². The summed E-state index contributed by atoms with van der Waals surface area (Å²) >= 11 is 5.68. The van der Waals surface area contributed by atoms with Crippen LogP contribution in [-0.2, 0) is 13.0 Å². The van der Waals surface area contributed by atoms with Gasteiger partial charge < -0.3 is 5.32 Å². The molecular formula is C17H14ClFN4O. The van der Waals surface area contributed by atoms with E-state index in [1.165, 1.54) is 12.1 Å². The Morgan fingerprint density at radius 3 is 2.75 bits per heavy atom. The molecule has 122 valence electrons. The standard InChI is InChI=1S/C17H14ClFN4O/c18-13-1-2-14(15(19)11-13)17(24)21-16-6-10-23(22-16)9-5-12-3-7-20-8-4-12/h1-4,6-8,10-11H,5,9H2,(H,21,22,24). The van der Waals surface area contributed by atoms with Gasteiger partial charge in [0.15, 0.2) is 5.82 Å². The van der Waals surface area contributed by atoms with Gasteiger partial charge in [-0.05, 0) is 42.3 Å². The van der Waals surface area contributed by atoms with Crippen LogP contribution in [0.2, 0.25) is 5.02 Å². The highest BCUT2D eigenvalue weighted by molar-refractivity contribution is 6.30. The lowest BCUT2D eigenvalue weighted by Gasteiger charge is -2.04. The van der Waals surface area contributed by atoms with E-state index >= 15 is 0 Å². The summed E-state index contributed by atoms with van der Waals surface area (Å²) in [5.74, 6) is -0.871. The number of carbonyl (C=O) groups is 1. The summed E-state index contributed by atoms with van der Waals surface area (Å²) in [6.07, 6.45) is 6.04. The Kier molecular flexibility index (Phi) is 4.86. The molecular weight excluding hydrogens is 331 g/mol. The molecule has 0 aliphatic carbocycles. The number of hydrogen-bond donors (Lipinski definition) is 1. The molecule has 24 heavy (non-hydrogen) atoms. The summed E-state index contributed by atoms with van der Waals surface area (Å²) in [7, 11) is 0. The molecule has 0 saturated heterocycles. The first-order chi connectivity index (χ1) is 11.6. The molecule has 3 rings (SSSR count). The van der Waals surface area contributed by atoms with Gasteiger partial charge in [0.2, 0.25) is 0 Å². The van der Waals surface area contributed by atoms with Crippen molar-refractivity contribution in [2.45, 2.75) is 13.0 Å². The fourth-order valence-electron chi connectivity index (χ4n) is 2.20. The number of benzene rings is 1. The van der Waals surface area contributed by atoms with Gasteiger partial charge in [0.25, 0.3) is 5.91 Å². The van der Waals surface area contributed by atoms with Crippen LogP contribution in [0.3, 0.4) is 0 Å². The van der Waals surface area contributed by atoms with Crippen molar-refractivity contribution < 1.29 is 9.18 Å². The number of pyridine rings is 1. The minimum atomic E-state index is -0.669. The molecule has 1 aromatic carbocycles. The Balaban J connectivity index is 1.62. The molecule has 0 aliphatic rings. The number of rotatable bonds is 5. The lowest BCUT2D eigenvalue weighted by molar-refractivity contribution is 0.102. The molecule has 0 spiro atoms. The monoisotopic (exact) mass is 344 g/mol. The van der Waals surface area contributed by atoms with Crippen LogP contribution in [0.15, 0.2) is 55.0 Å². The number of carbonyl (C=O) groups excluding carboxylic acids is 1. The summed E-state index contributed by atoms with van der Waals surface area (Å²) < 4.78 is 15.5. The predicted octanol–water partition coefficient (Wildman–Crippen LogP) is 3.57. The first-order valence-corrected chi connectivity index (χ1v) is 7.68. The quantitative estimate of drug-likeness (QED) is 0.769. The van der Waals surface area contributed by atoms with E-state index in [0.717, 1.165) is 18.1 Å². The normalized spacial score (nSPS) is 10.6. The molecule has 7 heteroatoms.